The number of methoxy groups -OCH3 is 1. The molecule has 0 aliphatic rings. The minimum atomic E-state index is -2.71. The molecule has 5 nitrogen and oxygen atoms in total. The first-order valence-corrected chi connectivity index (χ1v) is 13.1. The van der Waals surface area contributed by atoms with Gasteiger partial charge in [0.2, 0.25) is 0 Å². The van der Waals surface area contributed by atoms with Crippen molar-refractivity contribution in [2.24, 2.45) is 0 Å². The summed E-state index contributed by atoms with van der Waals surface area (Å²) in [4.78, 5) is 0. The maximum atomic E-state index is 10.2. The van der Waals surface area contributed by atoms with Gasteiger partial charge in [-0.3, -0.25) is 0 Å². The van der Waals surface area contributed by atoms with E-state index in [9.17, 15) is 5.11 Å². The topological polar surface area (TPSA) is 57.2 Å². The highest BCUT2D eigenvalue weighted by Crippen LogP contribution is 2.38. The first kappa shape index (κ1) is 25.0. The zero-order valence-electron chi connectivity index (χ0n) is 19.9. The predicted molar refractivity (Wildman–Crippen MR) is 134 cm³/mol. The van der Waals surface area contributed by atoms with Crippen LogP contribution in [0.15, 0.2) is 78.9 Å². The third-order valence-electron chi connectivity index (χ3n) is 5.63. The standard InChI is InChI=1S/C27H34O5Si/c1-27(2,3)33(24-11-7-5-8-12-24,25-13-9-6-10-14-25)32-20-22-19-23(28)15-16-26(22)31-21-30-18-17-29-4/h5-16,19,28H,17-18,20-21H2,1-4H3. The van der Waals surface area contributed by atoms with Crippen LogP contribution in [0.25, 0.3) is 0 Å². The summed E-state index contributed by atoms with van der Waals surface area (Å²) in [7, 11) is -1.08. The van der Waals surface area contributed by atoms with E-state index in [0.29, 0.717) is 25.6 Å². The zero-order valence-corrected chi connectivity index (χ0v) is 20.9. The lowest BCUT2D eigenvalue weighted by molar-refractivity contribution is -0.00924. The van der Waals surface area contributed by atoms with Gasteiger partial charge in [-0.05, 0) is 33.6 Å². The SMILES string of the molecule is COCCOCOc1ccc(O)cc1CO[Si](c1ccccc1)(c1ccccc1)C(C)(C)C. The number of hydrogen-bond acceptors (Lipinski definition) is 5. The average molecular weight is 467 g/mol. The van der Waals surface area contributed by atoms with Crippen LogP contribution in [-0.4, -0.2) is 40.5 Å². The third kappa shape index (κ3) is 6.03. The highest BCUT2D eigenvalue weighted by atomic mass is 28.4. The van der Waals surface area contributed by atoms with Gasteiger partial charge in [0, 0.05) is 12.7 Å². The number of benzene rings is 3. The van der Waals surface area contributed by atoms with Gasteiger partial charge in [0.25, 0.3) is 8.32 Å². The average Bonchev–Trinajstić information content (AvgIpc) is 2.81. The van der Waals surface area contributed by atoms with Crippen molar-refractivity contribution < 1.29 is 23.7 Å². The number of ether oxygens (including phenoxy) is 3. The lowest BCUT2D eigenvalue weighted by atomic mass is 10.2. The van der Waals surface area contributed by atoms with E-state index in [0.717, 1.165) is 5.56 Å². The lowest BCUT2D eigenvalue weighted by Crippen LogP contribution is -2.66. The van der Waals surface area contributed by atoms with Gasteiger partial charge in [-0.25, -0.2) is 0 Å². The highest BCUT2D eigenvalue weighted by molar-refractivity contribution is 6.99. The fourth-order valence-electron chi connectivity index (χ4n) is 4.07. The molecule has 0 saturated carbocycles. The summed E-state index contributed by atoms with van der Waals surface area (Å²) >= 11 is 0. The molecule has 0 saturated heterocycles. The van der Waals surface area contributed by atoms with Gasteiger partial charge in [0.05, 0.1) is 19.8 Å². The number of phenols is 1. The van der Waals surface area contributed by atoms with E-state index in [1.807, 2.05) is 12.1 Å². The van der Waals surface area contributed by atoms with E-state index >= 15 is 0 Å². The Bertz CT molecular complexity index is 947. The van der Waals surface area contributed by atoms with Gasteiger partial charge >= 0.3 is 0 Å². The largest absolute Gasteiger partial charge is 0.508 e. The Balaban J connectivity index is 1.95. The lowest BCUT2D eigenvalue weighted by Gasteiger charge is -2.43. The third-order valence-corrected chi connectivity index (χ3v) is 10.6. The van der Waals surface area contributed by atoms with Gasteiger partial charge in [-0.2, -0.15) is 0 Å². The van der Waals surface area contributed by atoms with Gasteiger partial charge in [-0.15, -0.1) is 0 Å². The van der Waals surface area contributed by atoms with Crippen LogP contribution in [0, 0.1) is 0 Å². The molecule has 3 rings (SSSR count). The molecule has 176 valence electrons. The van der Waals surface area contributed by atoms with E-state index in [2.05, 4.69) is 69.3 Å². The second-order valence-electron chi connectivity index (χ2n) is 8.91. The van der Waals surface area contributed by atoms with Gasteiger partial charge in [0.15, 0.2) is 6.79 Å². The van der Waals surface area contributed by atoms with Crippen LogP contribution >= 0.6 is 0 Å². The fourth-order valence-corrected chi connectivity index (χ4v) is 8.60. The van der Waals surface area contributed by atoms with Crippen LogP contribution in [-0.2, 0) is 20.5 Å². The fraction of sp³-hybridized carbons (Fsp3) is 0.333. The Morgan fingerprint density at radius 2 is 1.42 bits per heavy atom. The minimum absolute atomic E-state index is 0.0976. The number of phenolic OH excluding ortho intramolecular Hbond substituents is 1. The smallest absolute Gasteiger partial charge is 0.261 e. The molecule has 0 aromatic heterocycles. The van der Waals surface area contributed by atoms with Crippen molar-refractivity contribution in [3.63, 3.8) is 0 Å². The predicted octanol–water partition coefficient (Wildman–Crippen LogP) is 4.47. The Labute approximate surface area is 198 Å². The number of hydrogen-bond donors (Lipinski definition) is 1. The Hall–Kier alpha value is -2.64. The second kappa shape index (κ2) is 11.5. The summed E-state index contributed by atoms with van der Waals surface area (Å²) in [6.45, 7) is 8.06. The highest BCUT2D eigenvalue weighted by Gasteiger charge is 2.50. The van der Waals surface area contributed by atoms with Crippen LogP contribution in [0.2, 0.25) is 5.04 Å². The molecular weight excluding hydrogens is 432 g/mol. The monoisotopic (exact) mass is 466 g/mol. The summed E-state index contributed by atoms with van der Waals surface area (Å²) in [5.41, 5.74) is 0.776. The van der Waals surface area contributed by atoms with Crippen LogP contribution in [0.1, 0.15) is 26.3 Å². The zero-order chi connectivity index (χ0) is 23.7. The molecule has 0 bridgehead atoms. The molecule has 0 atom stereocenters. The first-order chi connectivity index (χ1) is 15.9. The molecule has 0 aliphatic carbocycles. The molecule has 6 heteroatoms. The molecule has 0 radical (unpaired) electrons. The molecule has 0 amide bonds. The maximum Gasteiger partial charge on any atom is 0.261 e. The minimum Gasteiger partial charge on any atom is -0.508 e. The van der Waals surface area contributed by atoms with Crippen molar-refractivity contribution in [1.82, 2.24) is 0 Å². The van der Waals surface area contributed by atoms with E-state index in [1.54, 1.807) is 25.3 Å². The summed E-state index contributed by atoms with van der Waals surface area (Å²) in [6.07, 6.45) is 0. The van der Waals surface area contributed by atoms with Crippen LogP contribution < -0.4 is 15.1 Å². The molecule has 0 fully saturated rings. The molecule has 0 unspecified atom stereocenters. The van der Waals surface area contributed by atoms with Crippen molar-refractivity contribution >= 4 is 18.7 Å². The maximum absolute atomic E-state index is 10.2. The summed E-state index contributed by atoms with van der Waals surface area (Å²) < 4.78 is 23.3. The molecule has 0 spiro atoms. The first-order valence-electron chi connectivity index (χ1n) is 11.1. The Morgan fingerprint density at radius 3 is 1.97 bits per heavy atom. The molecule has 0 aliphatic heterocycles. The second-order valence-corrected chi connectivity index (χ2v) is 13.2. The van der Waals surface area contributed by atoms with Crippen molar-refractivity contribution in [2.75, 3.05) is 27.1 Å². The van der Waals surface area contributed by atoms with Crippen molar-refractivity contribution in [1.29, 1.82) is 0 Å². The quantitative estimate of drug-likeness (QED) is 0.257. The van der Waals surface area contributed by atoms with Gasteiger partial charge in [-0.1, -0.05) is 81.4 Å². The van der Waals surface area contributed by atoms with Crippen molar-refractivity contribution in [2.45, 2.75) is 32.4 Å². The number of rotatable bonds is 11. The molecule has 33 heavy (non-hydrogen) atoms. The summed E-state index contributed by atoms with van der Waals surface area (Å²) in [5.74, 6) is 0.798. The van der Waals surface area contributed by atoms with Gasteiger partial charge in [0.1, 0.15) is 11.5 Å². The van der Waals surface area contributed by atoms with E-state index in [1.165, 1.54) is 10.4 Å². The molecule has 3 aromatic carbocycles. The Kier molecular flexibility index (Phi) is 8.69. The normalized spacial score (nSPS) is 12.0. The summed E-state index contributed by atoms with van der Waals surface area (Å²) in [5, 5.41) is 12.4. The molecule has 1 N–H and O–H groups in total. The van der Waals surface area contributed by atoms with E-state index < -0.39 is 8.32 Å². The van der Waals surface area contributed by atoms with Gasteiger partial charge < -0.3 is 23.7 Å². The van der Waals surface area contributed by atoms with E-state index in [4.69, 9.17) is 18.6 Å². The molecular formula is C27H34O5Si. The number of aromatic hydroxyl groups is 1. The van der Waals surface area contributed by atoms with Crippen LogP contribution in [0.3, 0.4) is 0 Å². The van der Waals surface area contributed by atoms with Crippen LogP contribution in [0.5, 0.6) is 11.5 Å². The Morgan fingerprint density at radius 1 is 0.818 bits per heavy atom. The summed E-state index contributed by atoms with van der Waals surface area (Å²) in [6, 6.07) is 26.0. The van der Waals surface area contributed by atoms with Crippen LogP contribution in [0.4, 0.5) is 0 Å². The molecule has 0 heterocycles. The molecule has 3 aromatic rings. The van der Waals surface area contributed by atoms with Crippen molar-refractivity contribution in [3.05, 3.63) is 84.4 Å². The van der Waals surface area contributed by atoms with Crippen molar-refractivity contribution in [3.8, 4) is 11.5 Å². The van der Waals surface area contributed by atoms with E-state index in [-0.39, 0.29) is 17.6 Å².